The summed E-state index contributed by atoms with van der Waals surface area (Å²) in [5, 5.41) is 0.0924. The Kier molecular flexibility index (Phi) is 4.52. The van der Waals surface area contributed by atoms with Crippen LogP contribution in [0.15, 0.2) is 47.9 Å². The van der Waals surface area contributed by atoms with Gasteiger partial charge in [0, 0.05) is 26.9 Å². The number of nitrogens with zero attached hydrogens (tertiary/aromatic N) is 3. The molecule has 0 bridgehead atoms. The van der Waals surface area contributed by atoms with Crippen LogP contribution in [0.25, 0.3) is 0 Å². The highest BCUT2D eigenvalue weighted by Gasteiger charge is 2.42. The number of rotatable bonds is 5. The van der Waals surface area contributed by atoms with Crippen molar-refractivity contribution >= 4 is 10.0 Å². The Hall–Kier alpha value is -1.70. The molecule has 1 aliphatic heterocycles. The van der Waals surface area contributed by atoms with Gasteiger partial charge in [-0.1, -0.05) is 30.3 Å². The van der Waals surface area contributed by atoms with Crippen LogP contribution in [0.5, 0.6) is 0 Å². The maximum Gasteiger partial charge on any atom is 0.262 e. The zero-order valence-electron chi connectivity index (χ0n) is 13.3. The summed E-state index contributed by atoms with van der Waals surface area (Å²) >= 11 is 0. The second kappa shape index (κ2) is 6.43. The zero-order valence-corrected chi connectivity index (χ0v) is 14.1. The summed E-state index contributed by atoms with van der Waals surface area (Å²) in [6.07, 6.45) is 4.26. The smallest absolute Gasteiger partial charge is 0.262 e. The quantitative estimate of drug-likeness (QED) is 0.829. The van der Waals surface area contributed by atoms with Crippen molar-refractivity contribution in [2.24, 2.45) is 7.05 Å². The SMILES string of the molecule is CO[C@@H]1CCN(S(=O)(=O)c2cn(C)cn2)[C@@H]1Cc1ccccc1. The number of hydrogen-bond acceptors (Lipinski definition) is 4. The monoisotopic (exact) mass is 335 g/mol. The number of benzene rings is 1. The molecular formula is C16H21N3O3S. The Balaban J connectivity index is 1.90. The number of sulfonamides is 1. The number of ether oxygens (including phenoxy) is 1. The number of hydrogen-bond donors (Lipinski definition) is 0. The fourth-order valence-electron chi connectivity index (χ4n) is 3.10. The predicted octanol–water partition coefficient (Wildman–Crippen LogP) is 1.44. The summed E-state index contributed by atoms with van der Waals surface area (Å²) in [5.74, 6) is 0. The molecule has 23 heavy (non-hydrogen) atoms. The molecule has 0 unspecified atom stereocenters. The van der Waals surface area contributed by atoms with E-state index < -0.39 is 10.0 Å². The molecule has 2 aromatic rings. The van der Waals surface area contributed by atoms with Crippen molar-refractivity contribution in [3.8, 4) is 0 Å². The van der Waals surface area contributed by atoms with Crippen LogP contribution in [0, 0.1) is 0 Å². The average molecular weight is 335 g/mol. The van der Waals surface area contributed by atoms with E-state index in [-0.39, 0.29) is 17.2 Å². The highest BCUT2D eigenvalue weighted by molar-refractivity contribution is 7.89. The minimum absolute atomic E-state index is 0.0924. The van der Waals surface area contributed by atoms with Gasteiger partial charge in [0.25, 0.3) is 10.0 Å². The number of imidazole rings is 1. The predicted molar refractivity (Wildman–Crippen MR) is 86.4 cm³/mol. The van der Waals surface area contributed by atoms with Gasteiger partial charge in [-0.05, 0) is 18.4 Å². The van der Waals surface area contributed by atoms with E-state index in [9.17, 15) is 8.42 Å². The summed E-state index contributed by atoms with van der Waals surface area (Å²) in [5.41, 5.74) is 1.10. The van der Waals surface area contributed by atoms with Crippen LogP contribution in [0.1, 0.15) is 12.0 Å². The van der Waals surface area contributed by atoms with E-state index in [2.05, 4.69) is 4.98 Å². The van der Waals surface area contributed by atoms with E-state index in [1.807, 2.05) is 30.3 Å². The molecule has 1 fully saturated rings. The van der Waals surface area contributed by atoms with Crippen LogP contribution in [0.4, 0.5) is 0 Å². The van der Waals surface area contributed by atoms with E-state index in [1.165, 1.54) is 16.8 Å². The molecule has 2 heterocycles. The number of aromatic nitrogens is 2. The van der Waals surface area contributed by atoms with Crippen LogP contribution < -0.4 is 0 Å². The molecule has 1 aliphatic rings. The maximum atomic E-state index is 12.9. The van der Waals surface area contributed by atoms with Gasteiger partial charge in [-0.25, -0.2) is 13.4 Å². The van der Waals surface area contributed by atoms with E-state index in [0.29, 0.717) is 19.4 Å². The van der Waals surface area contributed by atoms with E-state index in [1.54, 1.807) is 18.7 Å². The van der Waals surface area contributed by atoms with E-state index in [0.717, 1.165) is 5.56 Å². The zero-order chi connectivity index (χ0) is 16.4. The Morgan fingerprint density at radius 1 is 1.30 bits per heavy atom. The van der Waals surface area contributed by atoms with Gasteiger partial charge in [0.15, 0.2) is 5.03 Å². The third-order valence-electron chi connectivity index (χ3n) is 4.28. The van der Waals surface area contributed by atoms with Crippen molar-refractivity contribution in [3.05, 3.63) is 48.4 Å². The third kappa shape index (κ3) is 3.17. The lowest BCUT2D eigenvalue weighted by molar-refractivity contribution is 0.0809. The van der Waals surface area contributed by atoms with Crippen molar-refractivity contribution in [3.63, 3.8) is 0 Å². The average Bonchev–Trinajstić information content (AvgIpc) is 3.15. The van der Waals surface area contributed by atoms with Crippen LogP contribution in [0.2, 0.25) is 0 Å². The summed E-state index contributed by atoms with van der Waals surface area (Å²) in [7, 11) is -0.211. The molecular weight excluding hydrogens is 314 g/mol. The molecule has 0 radical (unpaired) electrons. The number of aryl methyl sites for hydroxylation is 1. The van der Waals surface area contributed by atoms with Gasteiger partial charge < -0.3 is 9.30 Å². The molecule has 1 saturated heterocycles. The van der Waals surface area contributed by atoms with Gasteiger partial charge in [-0.15, -0.1) is 0 Å². The molecule has 0 N–H and O–H groups in total. The molecule has 2 atom stereocenters. The lowest BCUT2D eigenvalue weighted by atomic mass is 10.0. The third-order valence-corrected chi connectivity index (χ3v) is 6.09. The highest BCUT2D eigenvalue weighted by Crippen LogP contribution is 2.29. The standard InChI is InChI=1S/C16H21N3O3S/c1-18-11-16(17-12-18)23(20,21)19-9-8-15(22-2)14(19)10-13-6-4-3-5-7-13/h3-7,11-12,14-15H,8-10H2,1-2H3/t14-,15-/m1/s1. The first-order chi connectivity index (χ1) is 11.0. The first-order valence-corrected chi connectivity index (χ1v) is 9.03. The van der Waals surface area contributed by atoms with Crippen molar-refractivity contribution in [1.82, 2.24) is 13.9 Å². The second-order valence-corrected chi connectivity index (χ2v) is 7.65. The van der Waals surface area contributed by atoms with Gasteiger partial charge >= 0.3 is 0 Å². The van der Waals surface area contributed by atoms with Crippen molar-refractivity contribution in [2.75, 3.05) is 13.7 Å². The molecule has 0 aliphatic carbocycles. The summed E-state index contributed by atoms with van der Waals surface area (Å²) in [6.45, 7) is 0.453. The summed E-state index contributed by atoms with van der Waals surface area (Å²) in [6, 6.07) is 9.68. The number of methoxy groups -OCH3 is 1. The molecule has 0 spiro atoms. The second-order valence-electron chi connectivity index (χ2n) is 5.81. The van der Waals surface area contributed by atoms with Gasteiger partial charge in [-0.3, -0.25) is 0 Å². The van der Waals surface area contributed by atoms with Gasteiger partial charge in [0.05, 0.1) is 18.5 Å². The molecule has 124 valence electrons. The largest absolute Gasteiger partial charge is 0.380 e. The Morgan fingerprint density at radius 2 is 2.04 bits per heavy atom. The van der Waals surface area contributed by atoms with Crippen molar-refractivity contribution < 1.29 is 13.2 Å². The minimum Gasteiger partial charge on any atom is -0.380 e. The molecule has 3 rings (SSSR count). The first kappa shape index (κ1) is 16.2. The van der Waals surface area contributed by atoms with Crippen LogP contribution in [-0.4, -0.2) is 48.1 Å². The molecule has 6 nitrogen and oxygen atoms in total. The van der Waals surface area contributed by atoms with Crippen molar-refractivity contribution in [1.29, 1.82) is 0 Å². The lowest BCUT2D eigenvalue weighted by Crippen LogP contribution is -2.41. The van der Waals surface area contributed by atoms with E-state index >= 15 is 0 Å². The summed E-state index contributed by atoms with van der Waals surface area (Å²) in [4.78, 5) is 4.02. The fraction of sp³-hybridized carbons (Fsp3) is 0.438. The van der Waals surface area contributed by atoms with Gasteiger partial charge in [0.1, 0.15) is 0 Å². The van der Waals surface area contributed by atoms with Crippen LogP contribution >= 0.6 is 0 Å². The first-order valence-electron chi connectivity index (χ1n) is 7.59. The fourth-order valence-corrected chi connectivity index (χ4v) is 4.74. The van der Waals surface area contributed by atoms with Gasteiger partial charge in [-0.2, -0.15) is 4.31 Å². The normalized spacial score (nSPS) is 22.5. The van der Waals surface area contributed by atoms with Crippen LogP contribution in [0.3, 0.4) is 0 Å². The Morgan fingerprint density at radius 3 is 2.65 bits per heavy atom. The maximum absolute atomic E-state index is 12.9. The van der Waals surface area contributed by atoms with Gasteiger partial charge in [0.2, 0.25) is 0 Å². The highest BCUT2D eigenvalue weighted by atomic mass is 32.2. The summed E-state index contributed by atoms with van der Waals surface area (Å²) < 4.78 is 34.5. The van der Waals surface area contributed by atoms with E-state index in [4.69, 9.17) is 4.74 Å². The lowest BCUT2D eigenvalue weighted by Gasteiger charge is -2.26. The molecule has 7 heteroatoms. The van der Waals surface area contributed by atoms with Crippen molar-refractivity contribution in [2.45, 2.75) is 30.0 Å². The molecule has 1 aromatic carbocycles. The molecule has 0 saturated carbocycles. The Bertz CT molecular complexity index is 758. The Labute approximate surface area is 136 Å². The minimum atomic E-state index is -3.61. The van der Waals surface area contributed by atoms with Crippen LogP contribution in [-0.2, 0) is 28.2 Å². The molecule has 0 amide bonds. The molecule has 1 aromatic heterocycles. The topological polar surface area (TPSA) is 64.4 Å².